The molecule has 0 radical (unpaired) electrons. The molecule has 4 rings (SSSR count). The fraction of sp³-hybridized carbons (Fsp3) is 0.387. The fourth-order valence-corrected chi connectivity index (χ4v) is 5.98. The maximum atomic E-state index is 13.9. The number of piperazine rings is 1. The average molecular weight is 660 g/mol. The van der Waals surface area contributed by atoms with Crippen LogP contribution in [0.4, 0.5) is 47.7 Å². The number of aliphatic hydroxyl groups is 1. The number of hydrogen-bond acceptors (Lipinski definition) is 10. The number of rotatable bonds is 13. The number of halogens is 3. The fourth-order valence-electron chi connectivity index (χ4n) is 4.94. The molecule has 248 valence electrons. The predicted octanol–water partition coefficient (Wildman–Crippen LogP) is 5.53. The topological polar surface area (TPSA) is 135 Å². The van der Waals surface area contributed by atoms with Gasteiger partial charge in [0.25, 0.3) is 0 Å². The van der Waals surface area contributed by atoms with Crippen molar-refractivity contribution >= 4 is 48.7 Å². The maximum Gasteiger partial charge on any atom is 0.421 e. The van der Waals surface area contributed by atoms with Crippen molar-refractivity contribution in [3.05, 3.63) is 66.9 Å². The molecule has 1 aromatic heterocycles. The summed E-state index contributed by atoms with van der Waals surface area (Å²) in [5, 5.41) is 18.2. The van der Waals surface area contributed by atoms with Crippen LogP contribution in [0.25, 0.3) is 0 Å². The first-order valence-corrected chi connectivity index (χ1v) is 18.0. The molecule has 0 spiro atoms. The number of aliphatic hydroxyl groups excluding tert-OH is 1. The van der Waals surface area contributed by atoms with Gasteiger partial charge in [0.15, 0.2) is 8.32 Å². The van der Waals surface area contributed by atoms with E-state index in [1.165, 1.54) is 19.3 Å². The van der Waals surface area contributed by atoms with Gasteiger partial charge in [0, 0.05) is 61.9 Å². The van der Waals surface area contributed by atoms with E-state index in [2.05, 4.69) is 37.4 Å². The van der Waals surface area contributed by atoms with Crippen molar-refractivity contribution in [1.29, 1.82) is 0 Å². The highest BCUT2D eigenvalue weighted by Gasteiger charge is 2.35. The Hall–Kier alpha value is -4.34. The summed E-state index contributed by atoms with van der Waals surface area (Å²) in [6, 6.07) is 12.5. The second-order valence-electron chi connectivity index (χ2n) is 11.5. The number of alkyl halides is 3. The Morgan fingerprint density at radius 3 is 2.50 bits per heavy atom. The first-order valence-electron chi connectivity index (χ1n) is 14.8. The molecule has 2 heterocycles. The second kappa shape index (κ2) is 14.8. The maximum absolute atomic E-state index is 13.9. The molecule has 1 saturated heterocycles. The molecule has 0 bridgehead atoms. The summed E-state index contributed by atoms with van der Waals surface area (Å²) in [6.45, 7) is 9.63. The summed E-state index contributed by atoms with van der Waals surface area (Å²) in [6.07, 6.45) is -2.66. The van der Waals surface area contributed by atoms with Crippen LogP contribution < -0.4 is 25.6 Å². The third kappa shape index (κ3) is 9.58. The summed E-state index contributed by atoms with van der Waals surface area (Å²) >= 11 is 0. The van der Waals surface area contributed by atoms with Crippen molar-refractivity contribution in [1.82, 2.24) is 14.9 Å². The number of ether oxygens (including phenoxy) is 1. The number of aromatic nitrogens is 2. The molecule has 11 nitrogen and oxygen atoms in total. The van der Waals surface area contributed by atoms with Gasteiger partial charge in [0.05, 0.1) is 12.8 Å². The van der Waals surface area contributed by atoms with E-state index in [0.717, 1.165) is 5.69 Å². The average Bonchev–Trinajstić information content (AvgIpc) is 3.00. The van der Waals surface area contributed by atoms with Crippen molar-refractivity contribution in [3.63, 3.8) is 0 Å². The van der Waals surface area contributed by atoms with E-state index in [1.54, 1.807) is 24.3 Å². The van der Waals surface area contributed by atoms with Gasteiger partial charge >= 0.3 is 6.18 Å². The lowest BCUT2D eigenvalue weighted by Gasteiger charge is -2.36. The molecule has 2 aromatic carbocycles. The van der Waals surface area contributed by atoms with Crippen LogP contribution in [0.3, 0.4) is 0 Å². The van der Waals surface area contributed by atoms with Gasteiger partial charge in [-0.05, 0) is 62.0 Å². The van der Waals surface area contributed by atoms with Crippen molar-refractivity contribution in [3.8, 4) is 5.75 Å². The zero-order valence-electron chi connectivity index (χ0n) is 26.1. The quantitative estimate of drug-likeness (QED) is 0.0906. The lowest BCUT2D eigenvalue weighted by molar-refractivity contribution is -0.137. The van der Waals surface area contributed by atoms with Crippen LogP contribution in [0.5, 0.6) is 5.75 Å². The number of benzene rings is 2. The minimum absolute atomic E-state index is 0.0858. The summed E-state index contributed by atoms with van der Waals surface area (Å²) in [5.74, 6) is -0.0190. The van der Waals surface area contributed by atoms with Gasteiger partial charge in [-0.25, -0.2) is 4.98 Å². The van der Waals surface area contributed by atoms with Gasteiger partial charge in [0.2, 0.25) is 11.9 Å². The highest BCUT2D eigenvalue weighted by molar-refractivity contribution is 6.69. The molecule has 1 fully saturated rings. The predicted molar refractivity (Wildman–Crippen MR) is 175 cm³/mol. The summed E-state index contributed by atoms with van der Waals surface area (Å²) in [7, 11) is -0.680. The number of nitrogens with zero attached hydrogens (tertiary/aromatic N) is 4. The molecule has 1 aliphatic heterocycles. The number of methoxy groups -OCH3 is 1. The monoisotopic (exact) mass is 659 g/mol. The van der Waals surface area contributed by atoms with E-state index in [-0.39, 0.29) is 11.9 Å². The minimum atomic E-state index is -4.72. The molecular formula is C31H40F3N7O4Si. The number of nitrogens with one attached hydrogen (secondary N) is 3. The second-order valence-corrected chi connectivity index (χ2v) is 15.7. The van der Waals surface area contributed by atoms with Crippen molar-refractivity contribution < 1.29 is 32.6 Å². The Labute approximate surface area is 267 Å². The molecule has 1 amide bonds. The van der Waals surface area contributed by atoms with Gasteiger partial charge in [-0.3, -0.25) is 4.79 Å². The Bertz CT molecular complexity index is 1510. The Morgan fingerprint density at radius 1 is 1.13 bits per heavy atom. The number of hydrogen-bond donors (Lipinski definition) is 5. The Balaban J connectivity index is 1.46. The number of carbonyl (C=O) groups is 1. The van der Waals surface area contributed by atoms with Crippen LogP contribution in [-0.2, 0) is 11.0 Å². The van der Waals surface area contributed by atoms with E-state index in [4.69, 9.17) is 4.74 Å². The first kappa shape index (κ1) is 34.5. The molecule has 5 N–H and O–H groups in total. The highest BCUT2D eigenvalue weighted by atomic mass is 28.4. The van der Waals surface area contributed by atoms with Crippen LogP contribution in [0.15, 0.2) is 61.3 Å². The summed E-state index contributed by atoms with van der Waals surface area (Å²) in [4.78, 5) is 34.7. The molecule has 3 aromatic rings. The van der Waals surface area contributed by atoms with E-state index >= 15 is 0 Å². The molecular weight excluding hydrogens is 619 g/mol. The highest BCUT2D eigenvalue weighted by Crippen LogP contribution is 2.37. The molecule has 0 saturated carbocycles. The van der Waals surface area contributed by atoms with Gasteiger partial charge in [-0.2, -0.15) is 18.2 Å². The Kier molecular flexibility index (Phi) is 11.1. The molecule has 46 heavy (non-hydrogen) atoms. The zero-order valence-corrected chi connectivity index (χ0v) is 27.1. The van der Waals surface area contributed by atoms with Crippen molar-refractivity contribution in [2.24, 2.45) is 0 Å². The summed E-state index contributed by atoms with van der Waals surface area (Å²) in [5.41, 5.74) is 1.02. The van der Waals surface area contributed by atoms with E-state index in [1.807, 2.05) is 30.1 Å². The first-order chi connectivity index (χ1) is 21.8. The third-order valence-corrected chi connectivity index (χ3v) is 8.94. The number of anilines is 6. The lowest BCUT2D eigenvalue weighted by Crippen LogP contribution is -2.48. The van der Waals surface area contributed by atoms with Gasteiger partial charge < -0.3 is 40.4 Å². The molecule has 0 aliphatic carbocycles. The van der Waals surface area contributed by atoms with E-state index < -0.39 is 32.1 Å². The number of carbonyl (C=O) groups excluding carboxylic acids is 1. The lowest BCUT2D eigenvalue weighted by atomic mass is 10.2. The Morgan fingerprint density at radius 2 is 1.85 bits per heavy atom. The largest absolute Gasteiger partial charge is 0.494 e. The molecule has 1 unspecified atom stereocenters. The van der Waals surface area contributed by atoms with E-state index in [9.17, 15) is 27.9 Å². The van der Waals surface area contributed by atoms with Crippen LogP contribution in [0.2, 0.25) is 19.1 Å². The number of amides is 1. The van der Waals surface area contributed by atoms with Crippen LogP contribution >= 0.6 is 0 Å². The SMILES string of the molecule is C=CC(O)Nc1cccc(Nc2nc(Nc3ccc(N4CCN(C(=O)CCC[Si](C)(C)O)CC4)cc3OC)ncc2C(F)(F)F)c1. The van der Waals surface area contributed by atoms with E-state index in [0.29, 0.717) is 74.1 Å². The van der Waals surface area contributed by atoms with Crippen LogP contribution in [0, 0.1) is 0 Å². The third-order valence-electron chi connectivity index (χ3n) is 7.37. The smallest absolute Gasteiger partial charge is 0.421 e. The molecule has 1 atom stereocenters. The van der Waals surface area contributed by atoms with Crippen molar-refractivity contribution in [2.45, 2.75) is 44.4 Å². The normalized spacial score (nSPS) is 14.4. The molecule has 15 heteroatoms. The summed E-state index contributed by atoms with van der Waals surface area (Å²) < 4.78 is 47.2. The van der Waals surface area contributed by atoms with Crippen LogP contribution in [-0.4, -0.2) is 78.5 Å². The van der Waals surface area contributed by atoms with Gasteiger partial charge in [0.1, 0.15) is 23.4 Å². The minimum Gasteiger partial charge on any atom is -0.494 e. The van der Waals surface area contributed by atoms with Gasteiger partial charge in [-0.15, -0.1) is 0 Å². The zero-order chi connectivity index (χ0) is 33.5. The van der Waals surface area contributed by atoms with Gasteiger partial charge in [-0.1, -0.05) is 12.6 Å². The molecule has 1 aliphatic rings. The van der Waals surface area contributed by atoms with Crippen LogP contribution in [0.1, 0.15) is 18.4 Å². The van der Waals surface area contributed by atoms with Crippen molar-refractivity contribution in [2.75, 3.05) is 54.1 Å². The standard InChI is InChI=1S/C31H40F3N7O4Si/c1-5-27(42)36-21-8-6-9-22(18-21)37-29-24(31(32,33)34)20-35-30(39-29)38-25-12-11-23(19-26(25)45-2)40-13-15-41(16-14-40)28(43)10-7-17-46(3,4)44/h5-6,8-9,11-12,18-20,27,36,42,44H,1,7,10,13-17H2,2-4H3,(H2,35,37,38,39).